The molecule has 0 aromatic heterocycles. The molecule has 6 heteroatoms. The summed E-state index contributed by atoms with van der Waals surface area (Å²) in [6.07, 6.45) is 6.28. The Kier molecular flexibility index (Phi) is 5.83. The van der Waals surface area contributed by atoms with Crippen LogP contribution in [-0.4, -0.2) is 22.2 Å². The van der Waals surface area contributed by atoms with Gasteiger partial charge in [0.2, 0.25) is 5.78 Å². The highest BCUT2D eigenvalue weighted by Gasteiger charge is 2.44. The van der Waals surface area contributed by atoms with Crippen molar-refractivity contribution in [3.05, 3.63) is 82.6 Å². The van der Waals surface area contributed by atoms with Gasteiger partial charge in [-0.3, -0.25) is 9.79 Å². The molecule has 0 bridgehead atoms. The SMILES string of the molecule is CC1CC(C)CC2(C1)N=c1c(=C3C(=O)C(c4ccc5cccc6c5c4NC4(CC(C)CC(C)C4)N6)=C3O)ccc3cccc(c13)N2. The zero-order valence-corrected chi connectivity index (χ0v) is 27.1. The van der Waals surface area contributed by atoms with Gasteiger partial charge < -0.3 is 21.1 Å². The molecule has 2 heterocycles. The number of hydrogen-bond donors (Lipinski definition) is 4. The second-order valence-corrected chi connectivity index (χ2v) is 15.5. The van der Waals surface area contributed by atoms with Crippen molar-refractivity contribution in [1.82, 2.24) is 0 Å². The van der Waals surface area contributed by atoms with Crippen LogP contribution in [0.3, 0.4) is 0 Å². The number of aliphatic hydroxyl groups is 1. The molecule has 4 aromatic rings. The van der Waals surface area contributed by atoms with E-state index in [1.165, 1.54) is 12.8 Å². The molecule has 46 heavy (non-hydrogen) atoms. The van der Waals surface area contributed by atoms with Crippen LogP contribution in [0.4, 0.5) is 17.1 Å². The summed E-state index contributed by atoms with van der Waals surface area (Å²) in [7, 11) is 0. The fraction of sp³-hybridized carbons (Fsp3) is 0.400. The van der Waals surface area contributed by atoms with E-state index in [1.54, 1.807) is 0 Å². The van der Waals surface area contributed by atoms with Gasteiger partial charge in [0.15, 0.2) is 0 Å². The first kappa shape index (κ1) is 27.9. The summed E-state index contributed by atoms with van der Waals surface area (Å²) in [6, 6.07) is 20.8. The fourth-order valence-electron chi connectivity index (χ4n) is 10.1. The Morgan fingerprint density at radius 1 is 0.696 bits per heavy atom. The summed E-state index contributed by atoms with van der Waals surface area (Å²) in [6.45, 7) is 9.28. The van der Waals surface area contributed by atoms with Gasteiger partial charge in [-0.15, -0.1) is 0 Å². The van der Waals surface area contributed by atoms with Gasteiger partial charge in [0.05, 0.1) is 22.2 Å². The van der Waals surface area contributed by atoms with E-state index in [4.69, 9.17) is 4.99 Å². The number of nitrogens with one attached hydrogen (secondary N) is 3. The lowest BCUT2D eigenvalue weighted by atomic mass is 9.74. The normalized spacial score (nSPS) is 32.6. The predicted octanol–water partition coefficient (Wildman–Crippen LogP) is 7.88. The maximum atomic E-state index is 14.4. The highest BCUT2D eigenvalue weighted by molar-refractivity contribution is 6.52. The molecule has 3 aliphatic carbocycles. The van der Waals surface area contributed by atoms with Crippen molar-refractivity contribution in [2.75, 3.05) is 16.0 Å². The summed E-state index contributed by atoms with van der Waals surface area (Å²) in [4.78, 5) is 19.8. The van der Waals surface area contributed by atoms with Crippen molar-refractivity contribution in [3.63, 3.8) is 0 Å². The third kappa shape index (κ3) is 4.01. The Labute approximate surface area is 269 Å². The summed E-state index contributed by atoms with van der Waals surface area (Å²) in [5.41, 5.74) is 3.94. The maximum absolute atomic E-state index is 14.4. The first-order valence-electron chi connectivity index (χ1n) is 17.2. The van der Waals surface area contributed by atoms with Gasteiger partial charge in [0.25, 0.3) is 0 Å². The zero-order valence-electron chi connectivity index (χ0n) is 27.1. The minimum Gasteiger partial charge on any atom is -0.506 e. The minimum absolute atomic E-state index is 0.0686. The van der Waals surface area contributed by atoms with Gasteiger partial charge in [0, 0.05) is 32.9 Å². The third-order valence-electron chi connectivity index (χ3n) is 11.3. The molecule has 4 aromatic carbocycles. The molecule has 4 unspecified atom stereocenters. The van der Waals surface area contributed by atoms with Gasteiger partial charge in [-0.25, -0.2) is 0 Å². The van der Waals surface area contributed by atoms with Gasteiger partial charge >= 0.3 is 0 Å². The number of hydrogen-bond acceptors (Lipinski definition) is 6. The van der Waals surface area contributed by atoms with E-state index in [0.717, 1.165) is 80.4 Å². The molecule has 5 aliphatic rings. The molecule has 2 saturated carbocycles. The lowest BCUT2D eigenvalue weighted by molar-refractivity contribution is -0.109. The molecule has 9 rings (SSSR count). The second kappa shape index (κ2) is 9.60. The van der Waals surface area contributed by atoms with Crippen LogP contribution in [0.15, 0.2) is 71.4 Å². The molecule has 0 saturated heterocycles. The van der Waals surface area contributed by atoms with E-state index in [-0.39, 0.29) is 17.2 Å². The average molecular weight is 611 g/mol. The number of carbonyl (C=O) groups excluding carboxylic acids is 1. The molecule has 0 amide bonds. The van der Waals surface area contributed by atoms with E-state index in [9.17, 15) is 9.90 Å². The number of nitrogens with zero attached hydrogens (tertiary/aromatic N) is 1. The smallest absolute Gasteiger partial charge is 0.201 e. The van der Waals surface area contributed by atoms with Gasteiger partial charge in [-0.05, 0) is 85.1 Å². The number of allylic oxidation sites excluding steroid dienone is 2. The van der Waals surface area contributed by atoms with Gasteiger partial charge in [0.1, 0.15) is 17.1 Å². The molecule has 2 spiro atoms. The lowest BCUT2D eigenvalue weighted by Crippen LogP contribution is -2.53. The van der Waals surface area contributed by atoms with E-state index in [0.29, 0.717) is 34.8 Å². The van der Waals surface area contributed by atoms with E-state index < -0.39 is 5.66 Å². The fourth-order valence-corrected chi connectivity index (χ4v) is 10.1. The maximum Gasteiger partial charge on any atom is 0.201 e. The number of Topliss-reactive ketones (excluding diaryl/α,β-unsaturated/α-hetero) is 1. The number of aliphatic hydroxyl groups excluding tert-OH is 1. The highest BCUT2D eigenvalue weighted by Crippen LogP contribution is 2.50. The largest absolute Gasteiger partial charge is 0.506 e. The van der Waals surface area contributed by atoms with Crippen LogP contribution >= 0.6 is 0 Å². The Morgan fingerprint density at radius 2 is 1.30 bits per heavy atom. The zero-order chi connectivity index (χ0) is 31.5. The molecule has 6 nitrogen and oxygen atoms in total. The Morgan fingerprint density at radius 3 is 1.98 bits per heavy atom. The Hall–Kier alpha value is -4.32. The Balaban J connectivity index is 1.25. The molecule has 4 N–H and O–H groups in total. The standard InChI is InChI=1S/C40H42N4O2/c1-21-15-22(2)18-39(17-21)41-29-9-5-7-25-11-13-27(35(43-39)31(25)29)33-37(45)34(38(33)46)28-14-12-26-8-6-10-30-32(26)36(28)44-40(42-30)19-23(3)16-24(4)20-40/h5-14,21-24,41-43,45H,15-20H2,1-4H3. The van der Waals surface area contributed by atoms with Crippen LogP contribution in [-0.2, 0) is 4.79 Å². The predicted molar refractivity (Wildman–Crippen MR) is 187 cm³/mol. The molecule has 4 atom stereocenters. The number of rotatable bonds is 1. The molecular formula is C40H42N4O2. The lowest BCUT2D eigenvalue weighted by Gasteiger charge is -2.48. The van der Waals surface area contributed by atoms with Crippen molar-refractivity contribution in [2.24, 2.45) is 28.7 Å². The van der Waals surface area contributed by atoms with Crippen molar-refractivity contribution in [1.29, 1.82) is 0 Å². The third-order valence-corrected chi connectivity index (χ3v) is 11.3. The first-order valence-corrected chi connectivity index (χ1v) is 17.2. The molecule has 234 valence electrons. The number of ketones is 1. The van der Waals surface area contributed by atoms with Crippen molar-refractivity contribution >= 4 is 55.5 Å². The highest BCUT2D eigenvalue weighted by atomic mass is 16.3. The van der Waals surface area contributed by atoms with Gasteiger partial charge in [-0.1, -0.05) is 76.2 Å². The number of benzene rings is 4. The number of carbonyl (C=O) groups is 1. The molecule has 0 radical (unpaired) electrons. The average Bonchev–Trinajstić information content (AvgIpc) is 2.98. The second-order valence-electron chi connectivity index (χ2n) is 15.5. The quantitative estimate of drug-likeness (QED) is 0.176. The molecule has 2 aliphatic heterocycles. The molecule has 2 fully saturated rings. The van der Waals surface area contributed by atoms with Crippen molar-refractivity contribution in [3.8, 4) is 0 Å². The monoisotopic (exact) mass is 610 g/mol. The van der Waals surface area contributed by atoms with Crippen LogP contribution < -0.4 is 26.5 Å². The van der Waals surface area contributed by atoms with E-state index >= 15 is 0 Å². The summed E-state index contributed by atoms with van der Waals surface area (Å²) in [5, 5.41) is 29.4. The number of anilines is 3. The summed E-state index contributed by atoms with van der Waals surface area (Å²) < 4.78 is 0. The Bertz CT molecular complexity index is 2140. The van der Waals surface area contributed by atoms with Crippen LogP contribution in [0.25, 0.3) is 32.7 Å². The summed E-state index contributed by atoms with van der Waals surface area (Å²) in [5.74, 6) is 2.18. The minimum atomic E-state index is -0.414. The topological polar surface area (TPSA) is 85.8 Å². The first-order chi connectivity index (χ1) is 22.1. The van der Waals surface area contributed by atoms with Crippen LogP contribution in [0, 0.1) is 23.7 Å². The van der Waals surface area contributed by atoms with Crippen molar-refractivity contribution in [2.45, 2.75) is 77.5 Å². The van der Waals surface area contributed by atoms with E-state index in [1.807, 2.05) is 12.1 Å². The van der Waals surface area contributed by atoms with E-state index in [2.05, 4.69) is 92.2 Å². The molecular weight excluding hydrogens is 568 g/mol. The van der Waals surface area contributed by atoms with Gasteiger partial charge in [-0.2, -0.15) is 0 Å². The summed E-state index contributed by atoms with van der Waals surface area (Å²) >= 11 is 0. The van der Waals surface area contributed by atoms with Crippen LogP contribution in [0.2, 0.25) is 0 Å². The van der Waals surface area contributed by atoms with Crippen LogP contribution in [0.5, 0.6) is 0 Å². The van der Waals surface area contributed by atoms with Crippen molar-refractivity contribution < 1.29 is 9.90 Å². The van der Waals surface area contributed by atoms with Crippen LogP contribution in [0.1, 0.15) is 71.8 Å².